The van der Waals surface area contributed by atoms with Gasteiger partial charge in [-0.05, 0) is 37.8 Å². The molecule has 1 atom stereocenters. The van der Waals surface area contributed by atoms with Crippen molar-refractivity contribution in [3.8, 4) is 0 Å². The molecule has 1 spiro atoms. The van der Waals surface area contributed by atoms with Crippen LogP contribution in [0.15, 0.2) is 24.3 Å². The molecule has 2 aliphatic rings. The molecule has 1 N–H and O–H groups in total. The van der Waals surface area contributed by atoms with Gasteiger partial charge in [-0.3, -0.25) is 9.69 Å². The van der Waals surface area contributed by atoms with Crippen molar-refractivity contribution >= 4 is 11.9 Å². The minimum Gasteiger partial charge on any atom is -0.480 e. The molecule has 0 radical (unpaired) electrons. The van der Waals surface area contributed by atoms with Crippen LogP contribution in [-0.4, -0.2) is 40.3 Å². The summed E-state index contributed by atoms with van der Waals surface area (Å²) in [6.07, 6.45) is -1.46. The van der Waals surface area contributed by atoms with Gasteiger partial charge in [-0.1, -0.05) is 18.6 Å². The van der Waals surface area contributed by atoms with E-state index in [1.807, 2.05) is 0 Å². The van der Waals surface area contributed by atoms with E-state index in [-0.39, 0.29) is 6.61 Å². The number of hydrogen-bond acceptors (Lipinski definition) is 3. The first-order valence-electron chi connectivity index (χ1n) is 8.13. The number of ether oxygens (including phenoxy) is 1. The maximum absolute atomic E-state index is 13.3. The predicted octanol–water partition coefficient (Wildman–Crippen LogP) is 3.29. The molecule has 1 aliphatic heterocycles. The minimum atomic E-state index is -4.70. The quantitative estimate of drug-likeness (QED) is 0.882. The Morgan fingerprint density at radius 3 is 2.40 bits per heavy atom. The molecule has 5 nitrogen and oxygen atoms in total. The molecule has 0 bridgehead atoms. The number of hydrogen-bond donors (Lipinski definition) is 1. The van der Waals surface area contributed by atoms with Crippen LogP contribution in [0.25, 0.3) is 0 Å². The fraction of sp³-hybridized carbons (Fsp3) is 0.529. The van der Waals surface area contributed by atoms with E-state index in [2.05, 4.69) is 0 Å². The van der Waals surface area contributed by atoms with Crippen molar-refractivity contribution in [2.24, 2.45) is 0 Å². The van der Waals surface area contributed by atoms with Crippen molar-refractivity contribution in [1.29, 1.82) is 0 Å². The lowest BCUT2D eigenvalue weighted by molar-refractivity contribution is -0.143. The number of aliphatic carboxylic acids is 1. The number of amides is 1. The minimum absolute atomic E-state index is 0.213. The highest BCUT2D eigenvalue weighted by Crippen LogP contribution is 2.42. The summed E-state index contributed by atoms with van der Waals surface area (Å²) in [7, 11) is 0. The van der Waals surface area contributed by atoms with E-state index in [0.29, 0.717) is 12.8 Å². The van der Waals surface area contributed by atoms with E-state index in [4.69, 9.17) is 4.74 Å². The van der Waals surface area contributed by atoms with Gasteiger partial charge in [0.15, 0.2) is 6.04 Å². The van der Waals surface area contributed by atoms with Crippen LogP contribution in [0.4, 0.5) is 13.2 Å². The number of carbonyl (C=O) groups excluding carboxylic acids is 1. The Morgan fingerprint density at radius 2 is 1.80 bits per heavy atom. The molecular weight excluding hydrogens is 339 g/mol. The molecule has 0 unspecified atom stereocenters. The average molecular weight is 357 g/mol. The molecule has 1 aromatic carbocycles. The Kier molecular flexibility index (Phi) is 4.49. The number of nitrogens with zero attached hydrogens (tertiary/aromatic N) is 1. The first kappa shape index (κ1) is 17.7. The summed E-state index contributed by atoms with van der Waals surface area (Å²) < 4.78 is 45.5. The van der Waals surface area contributed by atoms with Gasteiger partial charge in [0, 0.05) is 0 Å². The molecule has 1 heterocycles. The van der Waals surface area contributed by atoms with Crippen molar-refractivity contribution in [2.75, 3.05) is 6.61 Å². The topological polar surface area (TPSA) is 66.8 Å². The largest absolute Gasteiger partial charge is 0.480 e. The molecule has 1 aliphatic carbocycles. The molecular formula is C17H18F3NO4. The second-order valence-electron chi connectivity index (χ2n) is 6.39. The number of rotatable bonds is 2. The van der Waals surface area contributed by atoms with Gasteiger partial charge >= 0.3 is 12.1 Å². The van der Waals surface area contributed by atoms with Crippen molar-refractivity contribution in [3.63, 3.8) is 0 Å². The van der Waals surface area contributed by atoms with Crippen molar-refractivity contribution < 1.29 is 32.6 Å². The lowest BCUT2D eigenvalue weighted by atomic mass is 9.89. The Bertz CT molecular complexity index is 683. The second-order valence-corrected chi connectivity index (χ2v) is 6.39. The summed E-state index contributed by atoms with van der Waals surface area (Å²) in [6.45, 7) is -0.213. The van der Waals surface area contributed by atoms with Crippen molar-refractivity contribution in [1.82, 2.24) is 4.90 Å². The number of halogens is 3. The molecule has 136 valence electrons. The highest BCUT2D eigenvalue weighted by atomic mass is 19.4. The number of carbonyl (C=O) groups is 2. The maximum Gasteiger partial charge on any atom is 0.417 e. The van der Waals surface area contributed by atoms with Gasteiger partial charge in [0.05, 0.1) is 17.7 Å². The van der Waals surface area contributed by atoms with Gasteiger partial charge in [-0.25, -0.2) is 4.79 Å². The van der Waals surface area contributed by atoms with E-state index in [0.717, 1.165) is 36.3 Å². The fourth-order valence-corrected chi connectivity index (χ4v) is 3.71. The molecule has 25 heavy (non-hydrogen) atoms. The second kappa shape index (κ2) is 6.33. The first-order chi connectivity index (χ1) is 11.8. The number of benzene rings is 1. The summed E-state index contributed by atoms with van der Waals surface area (Å²) >= 11 is 0. The van der Waals surface area contributed by atoms with E-state index in [1.165, 1.54) is 12.1 Å². The van der Waals surface area contributed by atoms with Crippen molar-refractivity contribution in [2.45, 2.75) is 50.0 Å². The highest BCUT2D eigenvalue weighted by Gasteiger charge is 2.54. The maximum atomic E-state index is 13.3. The zero-order valence-electron chi connectivity index (χ0n) is 13.4. The Morgan fingerprint density at radius 1 is 1.16 bits per heavy atom. The Labute approximate surface area is 142 Å². The highest BCUT2D eigenvalue weighted by molar-refractivity contribution is 5.98. The standard InChI is InChI=1S/C17H18F3NO4/c18-17(19,20)12-7-3-2-6-11(12)14(22)21-13(15(23)24)10-25-16(21)8-4-1-5-9-16/h2-3,6-7,13H,1,4-5,8-10H2,(H,23,24)/t13-/m1/s1. The van der Waals surface area contributed by atoms with E-state index in [9.17, 15) is 27.9 Å². The van der Waals surface area contributed by atoms with E-state index in [1.54, 1.807) is 0 Å². The molecule has 3 rings (SSSR count). The lowest BCUT2D eigenvalue weighted by Crippen LogP contribution is -2.54. The van der Waals surface area contributed by atoms with Gasteiger partial charge < -0.3 is 9.84 Å². The summed E-state index contributed by atoms with van der Waals surface area (Å²) in [5.74, 6) is -2.22. The molecule has 2 fully saturated rings. The normalized spacial score (nSPS) is 23.0. The van der Waals surface area contributed by atoms with E-state index >= 15 is 0 Å². The lowest BCUT2D eigenvalue weighted by Gasteiger charge is -2.41. The molecule has 1 saturated carbocycles. The van der Waals surface area contributed by atoms with Crippen LogP contribution >= 0.6 is 0 Å². The van der Waals surface area contributed by atoms with Crippen LogP contribution < -0.4 is 0 Å². The van der Waals surface area contributed by atoms with Crippen LogP contribution in [0, 0.1) is 0 Å². The summed E-state index contributed by atoms with van der Waals surface area (Å²) in [6, 6.07) is 3.16. The van der Waals surface area contributed by atoms with Gasteiger partial charge in [0.25, 0.3) is 5.91 Å². The van der Waals surface area contributed by atoms with Gasteiger partial charge in [-0.2, -0.15) is 13.2 Å². The zero-order valence-corrected chi connectivity index (χ0v) is 13.4. The fourth-order valence-electron chi connectivity index (χ4n) is 3.71. The van der Waals surface area contributed by atoms with Crippen LogP contribution in [0.2, 0.25) is 0 Å². The van der Waals surface area contributed by atoms with Crippen LogP contribution in [0.3, 0.4) is 0 Å². The third kappa shape index (κ3) is 3.10. The monoisotopic (exact) mass is 357 g/mol. The van der Waals surface area contributed by atoms with Crippen LogP contribution in [-0.2, 0) is 15.7 Å². The molecule has 8 heteroatoms. The van der Waals surface area contributed by atoms with Crippen LogP contribution in [0.1, 0.15) is 48.0 Å². The third-order valence-corrected chi connectivity index (χ3v) is 4.86. The number of alkyl halides is 3. The van der Waals surface area contributed by atoms with Crippen molar-refractivity contribution in [3.05, 3.63) is 35.4 Å². The van der Waals surface area contributed by atoms with Crippen LogP contribution in [0.5, 0.6) is 0 Å². The number of carboxylic acids is 1. The Balaban J connectivity index is 2.05. The zero-order chi connectivity index (χ0) is 18.2. The molecule has 1 amide bonds. The average Bonchev–Trinajstić information content (AvgIpc) is 2.93. The molecule has 1 aromatic rings. The Hall–Kier alpha value is -2.09. The SMILES string of the molecule is O=C(O)[C@H]1COC2(CCCCC2)N1C(=O)c1ccccc1C(F)(F)F. The van der Waals surface area contributed by atoms with E-state index < -0.39 is 40.9 Å². The molecule has 0 aromatic heterocycles. The predicted molar refractivity (Wildman–Crippen MR) is 80.8 cm³/mol. The van der Waals surface area contributed by atoms with Gasteiger partial charge in [-0.15, -0.1) is 0 Å². The summed E-state index contributed by atoms with van der Waals surface area (Å²) in [5.41, 5.74) is -2.74. The third-order valence-electron chi connectivity index (χ3n) is 4.86. The smallest absolute Gasteiger partial charge is 0.417 e. The molecule has 1 saturated heterocycles. The summed E-state index contributed by atoms with van der Waals surface area (Å²) in [5, 5.41) is 9.43. The number of carboxylic acid groups (broad SMARTS) is 1. The van der Waals surface area contributed by atoms with Gasteiger partial charge in [0.1, 0.15) is 5.72 Å². The summed E-state index contributed by atoms with van der Waals surface area (Å²) in [4.78, 5) is 25.6. The van der Waals surface area contributed by atoms with Gasteiger partial charge in [0.2, 0.25) is 0 Å². The first-order valence-corrected chi connectivity index (χ1v) is 8.13.